The summed E-state index contributed by atoms with van der Waals surface area (Å²) in [5, 5.41) is 18.2. The molecule has 3 nitrogen and oxygen atoms in total. The number of aliphatic hydroxyl groups excluding tert-OH is 1. The molecular weight excluding hydrogens is 248 g/mol. The van der Waals surface area contributed by atoms with Crippen molar-refractivity contribution in [2.24, 2.45) is 5.73 Å². The van der Waals surface area contributed by atoms with E-state index in [9.17, 15) is 5.11 Å². The average Bonchev–Trinajstić information content (AvgIpc) is 2.12. The van der Waals surface area contributed by atoms with Crippen molar-refractivity contribution in [1.29, 1.82) is 0 Å². The van der Waals surface area contributed by atoms with Crippen molar-refractivity contribution < 1.29 is 10.2 Å². The second-order valence-electron chi connectivity index (χ2n) is 2.62. The van der Waals surface area contributed by atoms with Gasteiger partial charge in [0.2, 0.25) is 0 Å². The van der Waals surface area contributed by atoms with Crippen molar-refractivity contribution in [3.8, 4) is 5.75 Å². The first kappa shape index (κ1) is 13.8. The molecule has 1 aromatic rings. The average molecular weight is 259 g/mol. The van der Waals surface area contributed by atoms with E-state index in [0.29, 0.717) is 5.56 Å². The van der Waals surface area contributed by atoms with Gasteiger partial charge in [0.05, 0.1) is 22.7 Å². The first-order valence-electron chi connectivity index (χ1n) is 3.60. The van der Waals surface area contributed by atoms with Crippen LogP contribution in [-0.2, 0) is 0 Å². The Labute approximate surface area is 97.8 Å². The van der Waals surface area contributed by atoms with Crippen LogP contribution < -0.4 is 5.73 Å². The summed E-state index contributed by atoms with van der Waals surface area (Å²) >= 11 is 11.3. The van der Waals surface area contributed by atoms with E-state index in [2.05, 4.69) is 0 Å². The molecule has 0 aliphatic carbocycles. The molecule has 0 saturated carbocycles. The quantitative estimate of drug-likeness (QED) is 0.761. The fourth-order valence-corrected chi connectivity index (χ4v) is 1.41. The van der Waals surface area contributed by atoms with Gasteiger partial charge in [0, 0.05) is 0 Å². The number of aromatic hydroxyl groups is 1. The fourth-order valence-electron chi connectivity index (χ4n) is 0.905. The van der Waals surface area contributed by atoms with Gasteiger partial charge >= 0.3 is 0 Å². The van der Waals surface area contributed by atoms with Crippen LogP contribution in [0.2, 0.25) is 10.0 Å². The summed E-state index contributed by atoms with van der Waals surface area (Å²) in [6.45, 7) is -0.197. The summed E-state index contributed by atoms with van der Waals surface area (Å²) in [5.74, 6) is -0.169. The van der Waals surface area contributed by atoms with Crippen LogP contribution in [0.15, 0.2) is 12.1 Å². The lowest BCUT2D eigenvalue weighted by atomic mass is 10.1. The van der Waals surface area contributed by atoms with E-state index in [-0.39, 0.29) is 34.8 Å². The van der Waals surface area contributed by atoms with Crippen molar-refractivity contribution in [2.45, 2.75) is 6.04 Å². The van der Waals surface area contributed by atoms with Crippen molar-refractivity contribution in [2.75, 3.05) is 6.61 Å². The van der Waals surface area contributed by atoms with Gasteiger partial charge in [-0.2, -0.15) is 0 Å². The Hall–Kier alpha value is -0.190. The van der Waals surface area contributed by atoms with E-state index in [1.807, 2.05) is 0 Å². The van der Waals surface area contributed by atoms with Gasteiger partial charge in [-0.25, -0.2) is 0 Å². The Morgan fingerprint density at radius 3 is 2.07 bits per heavy atom. The second kappa shape index (κ2) is 5.63. The third-order valence-electron chi connectivity index (χ3n) is 1.66. The van der Waals surface area contributed by atoms with Gasteiger partial charge in [0.15, 0.2) is 5.75 Å². The van der Waals surface area contributed by atoms with Gasteiger partial charge in [0.25, 0.3) is 0 Å². The molecule has 0 unspecified atom stereocenters. The lowest BCUT2D eigenvalue weighted by Crippen LogP contribution is -2.14. The summed E-state index contributed by atoms with van der Waals surface area (Å²) in [5.41, 5.74) is 6.13. The molecule has 0 aliphatic heterocycles. The molecule has 0 spiro atoms. The molecular formula is C8H10Cl3NO2. The van der Waals surface area contributed by atoms with Crippen LogP contribution >= 0.6 is 35.6 Å². The van der Waals surface area contributed by atoms with Gasteiger partial charge in [-0.15, -0.1) is 12.4 Å². The second-order valence-corrected chi connectivity index (χ2v) is 3.44. The lowest BCUT2D eigenvalue weighted by molar-refractivity contribution is 0.268. The van der Waals surface area contributed by atoms with Crippen LogP contribution in [-0.4, -0.2) is 16.8 Å². The van der Waals surface area contributed by atoms with Crippen molar-refractivity contribution in [3.63, 3.8) is 0 Å². The van der Waals surface area contributed by atoms with Crippen LogP contribution in [0.4, 0.5) is 0 Å². The topological polar surface area (TPSA) is 66.5 Å². The first-order valence-corrected chi connectivity index (χ1v) is 4.36. The number of phenols is 1. The molecule has 1 rings (SSSR count). The van der Waals surface area contributed by atoms with Gasteiger partial charge in [-0.05, 0) is 17.7 Å². The molecule has 1 atom stereocenters. The number of halogens is 3. The highest BCUT2D eigenvalue weighted by Crippen LogP contribution is 2.33. The van der Waals surface area contributed by atoms with Crippen LogP contribution in [0, 0.1) is 0 Å². The lowest BCUT2D eigenvalue weighted by Gasteiger charge is -2.10. The zero-order valence-corrected chi connectivity index (χ0v) is 9.40. The SMILES string of the molecule is Cl.N[C@@H](CO)c1cc(Cl)c(O)c(Cl)c1. The number of hydrogen-bond acceptors (Lipinski definition) is 3. The zero-order chi connectivity index (χ0) is 10.0. The van der Waals surface area contributed by atoms with Crippen molar-refractivity contribution in [1.82, 2.24) is 0 Å². The molecule has 0 amide bonds. The van der Waals surface area contributed by atoms with Crippen LogP contribution in [0.25, 0.3) is 0 Å². The highest BCUT2D eigenvalue weighted by Gasteiger charge is 2.10. The predicted octanol–water partition coefficient (Wildman–Crippen LogP) is 2.11. The number of benzene rings is 1. The monoisotopic (exact) mass is 257 g/mol. The number of nitrogens with two attached hydrogens (primary N) is 1. The van der Waals surface area contributed by atoms with E-state index in [0.717, 1.165) is 0 Å². The molecule has 0 aliphatic rings. The maximum atomic E-state index is 9.22. The Morgan fingerprint density at radius 1 is 1.29 bits per heavy atom. The molecule has 0 aromatic heterocycles. The maximum absolute atomic E-state index is 9.22. The number of hydrogen-bond donors (Lipinski definition) is 3. The molecule has 0 saturated heterocycles. The summed E-state index contributed by atoms with van der Waals surface area (Å²) in [7, 11) is 0. The highest BCUT2D eigenvalue weighted by atomic mass is 35.5. The first-order chi connectivity index (χ1) is 6.06. The van der Waals surface area contributed by atoms with Crippen LogP contribution in [0.1, 0.15) is 11.6 Å². The van der Waals surface area contributed by atoms with E-state index in [4.69, 9.17) is 34.0 Å². The summed E-state index contributed by atoms with van der Waals surface area (Å²) in [6, 6.07) is 2.42. The van der Waals surface area contributed by atoms with Crippen molar-refractivity contribution >= 4 is 35.6 Å². The van der Waals surface area contributed by atoms with Crippen LogP contribution in [0.5, 0.6) is 5.75 Å². The Morgan fingerprint density at radius 2 is 1.71 bits per heavy atom. The standard InChI is InChI=1S/C8H9Cl2NO2.ClH/c9-5-1-4(7(11)3-12)2-6(10)8(5)13;/h1-2,7,12-13H,3,11H2;1H/t7-;/m0./s1. The van der Waals surface area contributed by atoms with Gasteiger partial charge in [0.1, 0.15) is 0 Å². The molecule has 6 heteroatoms. The molecule has 4 N–H and O–H groups in total. The largest absolute Gasteiger partial charge is 0.505 e. The molecule has 0 heterocycles. The highest BCUT2D eigenvalue weighted by molar-refractivity contribution is 6.37. The Kier molecular flexibility index (Phi) is 5.56. The molecule has 80 valence electrons. The molecule has 0 bridgehead atoms. The number of aliphatic hydroxyl groups is 1. The number of phenolic OH excluding ortho intramolecular Hbond substituents is 1. The predicted molar refractivity (Wildman–Crippen MR) is 59.4 cm³/mol. The minimum Gasteiger partial charge on any atom is -0.505 e. The van der Waals surface area contributed by atoms with Gasteiger partial charge in [-0.3, -0.25) is 0 Å². The van der Waals surface area contributed by atoms with E-state index >= 15 is 0 Å². The molecule has 0 fully saturated rings. The molecule has 0 radical (unpaired) electrons. The summed E-state index contributed by atoms with van der Waals surface area (Å²) < 4.78 is 0. The normalized spacial score (nSPS) is 12.0. The maximum Gasteiger partial charge on any atom is 0.152 e. The van der Waals surface area contributed by atoms with E-state index in [1.54, 1.807) is 0 Å². The molecule has 14 heavy (non-hydrogen) atoms. The Bertz CT molecular complexity index is 296. The number of rotatable bonds is 2. The van der Waals surface area contributed by atoms with Gasteiger partial charge < -0.3 is 15.9 Å². The fraction of sp³-hybridized carbons (Fsp3) is 0.250. The zero-order valence-electron chi connectivity index (χ0n) is 7.08. The molecule has 1 aromatic carbocycles. The minimum atomic E-state index is -0.532. The minimum absolute atomic E-state index is 0. The third-order valence-corrected chi connectivity index (χ3v) is 2.24. The van der Waals surface area contributed by atoms with Crippen molar-refractivity contribution in [3.05, 3.63) is 27.7 Å². The summed E-state index contributed by atoms with van der Waals surface area (Å²) in [4.78, 5) is 0. The smallest absolute Gasteiger partial charge is 0.152 e. The van der Waals surface area contributed by atoms with Gasteiger partial charge in [-0.1, -0.05) is 23.2 Å². The van der Waals surface area contributed by atoms with E-state index < -0.39 is 6.04 Å². The van der Waals surface area contributed by atoms with E-state index in [1.165, 1.54) is 12.1 Å². The third kappa shape index (κ3) is 2.90. The van der Waals surface area contributed by atoms with Crippen LogP contribution in [0.3, 0.4) is 0 Å². The summed E-state index contributed by atoms with van der Waals surface area (Å²) in [6.07, 6.45) is 0. The Balaban J connectivity index is 0.00000169.